The van der Waals surface area contributed by atoms with Crippen LogP contribution < -0.4 is 15.2 Å². The molecule has 5 rings (SSSR count). The van der Waals surface area contributed by atoms with Gasteiger partial charge in [0, 0.05) is 19.0 Å². The summed E-state index contributed by atoms with van der Waals surface area (Å²) in [6.45, 7) is 3.01. The van der Waals surface area contributed by atoms with E-state index < -0.39 is 12.0 Å². The molecule has 0 spiro atoms. The second-order valence-corrected chi connectivity index (χ2v) is 8.94. The van der Waals surface area contributed by atoms with Crippen molar-refractivity contribution in [1.29, 1.82) is 0 Å². The van der Waals surface area contributed by atoms with Crippen LogP contribution in [0.1, 0.15) is 36.1 Å². The van der Waals surface area contributed by atoms with Crippen LogP contribution in [0.25, 0.3) is 10.8 Å². The Hall–Kier alpha value is -3.75. The number of amides is 2. The third-order valence-corrected chi connectivity index (χ3v) is 6.86. The van der Waals surface area contributed by atoms with Crippen molar-refractivity contribution in [1.82, 2.24) is 9.88 Å². The molecular formula is C25H27N3O6. The number of nitrogens with zero attached hydrogens (tertiary/aromatic N) is 2. The maximum Gasteiger partial charge on any atom is 0.407 e. The van der Waals surface area contributed by atoms with Crippen molar-refractivity contribution in [2.45, 2.75) is 38.3 Å². The Balaban J connectivity index is 1.30. The van der Waals surface area contributed by atoms with Crippen molar-refractivity contribution in [2.24, 2.45) is 17.6 Å². The molecule has 2 aliphatic rings. The highest BCUT2D eigenvalue weighted by atomic mass is 16.5. The molecule has 9 nitrogen and oxygen atoms in total. The molecule has 0 radical (unpaired) electrons. The summed E-state index contributed by atoms with van der Waals surface area (Å²) in [5.41, 5.74) is 5.30. The maximum absolute atomic E-state index is 11.9. The van der Waals surface area contributed by atoms with Gasteiger partial charge in [0.1, 0.15) is 17.8 Å². The van der Waals surface area contributed by atoms with Gasteiger partial charge in [-0.05, 0) is 66.6 Å². The van der Waals surface area contributed by atoms with Gasteiger partial charge in [-0.1, -0.05) is 12.1 Å². The van der Waals surface area contributed by atoms with Gasteiger partial charge >= 0.3 is 6.09 Å². The zero-order chi connectivity index (χ0) is 23.8. The smallest absolute Gasteiger partial charge is 0.407 e. The number of carbonyl (C=O) groups is 2. The Morgan fingerprint density at radius 3 is 2.65 bits per heavy atom. The molecular weight excluding hydrogens is 438 g/mol. The van der Waals surface area contributed by atoms with Gasteiger partial charge in [0.25, 0.3) is 5.91 Å². The molecule has 2 fully saturated rings. The summed E-state index contributed by atoms with van der Waals surface area (Å²) >= 11 is 0. The predicted octanol–water partition coefficient (Wildman–Crippen LogP) is 3.70. The van der Waals surface area contributed by atoms with E-state index in [-0.39, 0.29) is 29.7 Å². The highest BCUT2D eigenvalue weighted by Crippen LogP contribution is 2.44. The normalized spacial score (nSPS) is 23.7. The monoisotopic (exact) mass is 465 g/mol. The zero-order valence-electron chi connectivity index (χ0n) is 18.8. The number of benzene rings is 2. The first kappa shape index (κ1) is 22.1. The molecule has 34 heavy (non-hydrogen) atoms. The quantitative estimate of drug-likeness (QED) is 0.544. The summed E-state index contributed by atoms with van der Waals surface area (Å²) < 4.78 is 17.3. The fourth-order valence-corrected chi connectivity index (χ4v) is 5.40. The van der Waals surface area contributed by atoms with Crippen LogP contribution in [0.4, 0.5) is 4.79 Å². The fraction of sp³-hybridized carbons (Fsp3) is 0.400. The van der Waals surface area contributed by atoms with Crippen LogP contribution in [0.2, 0.25) is 0 Å². The average Bonchev–Trinajstić information content (AvgIpc) is 3.50. The van der Waals surface area contributed by atoms with Crippen LogP contribution in [0, 0.1) is 11.8 Å². The van der Waals surface area contributed by atoms with E-state index in [9.17, 15) is 14.7 Å². The molecule has 3 N–H and O–H groups in total. The summed E-state index contributed by atoms with van der Waals surface area (Å²) in [6.07, 6.45) is 2.06. The number of carbonyl (C=O) groups excluding carboxylic acids is 1. The van der Waals surface area contributed by atoms with E-state index in [0.29, 0.717) is 25.5 Å². The number of oxazole rings is 1. The van der Waals surface area contributed by atoms with Gasteiger partial charge in [-0.25, -0.2) is 9.78 Å². The van der Waals surface area contributed by atoms with E-state index in [1.54, 1.807) is 0 Å². The number of carboxylic acid groups (broad SMARTS) is 1. The van der Waals surface area contributed by atoms with Crippen molar-refractivity contribution in [3.8, 4) is 11.5 Å². The number of hydrogen-bond donors (Lipinski definition) is 2. The Labute approximate surface area is 196 Å². The molecule has 178 valence electrons. The number of nitrogens with two attached hydrogens (primary N) is 1. The highest BCUT2D eigenvalue weighted by molar-refractivity contribution is 5.90. The van der Waals surface area contributed by atoms with Crippen molar-refractivity contribution >= 4 is 22.8 Å². The van der Waals surface area contributed by atoms with Crippen LogP contribution in [0.3, 0.4) is 0 Å². The van der Waals surface area contributed by atoms with Crippen LogP contribution in [0.5, 0.6) is 11.5 Å². The minimum Gasteiger partial charge on any atom is -0.494 e. The third-order valence-electron chi connectivity index (χ3n) is 6.86. The molecule has 1 aromatic heterocycles. The van der Waals surface area contributed by atoms with Crippen LogP contribution in [-0.2, 0) is 6.42 Å². The van der Waals surface area contributed by atoms with Crippen molar-refractivity contribution in [3.63, 3.8) is 0 Å². The lowest BCUT2D eigenvalue weighted by Crippen LogP contribution is -2.39. The molecule has 1 unspecified atom stereocenters. The number of aromatic nitrogens is 1. The van der Waals surface area contributed by atoms with Crippen LogP contribution >= 0.6 is 0 Å². The second-order valence-electron chi connectivity index (χ2n) is 8.94. The molecule has 1 aliphatic heterocycles. The van der Waals surface area contributed by atoms with E-state index >= 15 is 0 Å². The topological polar surface area (TPSA) is 128 Å². The first-order valence-corrected chi connectivity index (χ1v) is 11.5. The lowest BCUT2D eigenvalue weighted by Gasteiger charge is -2.25. The van der Waals surface area contributed by atoms with Gasteiger partial charge in [-0.15, -0.1) is 0 Å². The molecule has 4 atom stereocenters. The molecule has 1 aliphatic carbocycles. The van der Waals surface area contributed by atoms with Gasteiger partial charge in [0.05, 0.1) is 12.7 Å². The number of likely N-dealkylation sites (tertiary alicyclic amines) is 1. The lowest BCUT2D eigenvalue weighted by atomic mass is 9.92. The van der Waals surface area contributed by atoms with Crippen LogP contribution in [-0.4, -0.2) is 52.3 Å². The summed E-state index contributed by atoms with van der Waals surface area (Å²) in [6, 6.07) is 11.7. The van der Waals surface area contributed by atoms with Gasteiger partial charge in [-0.3, -0.25) is 4.79 Å². The standard InChI is InChI=1S/C25H27N3O6/c1-2-32-17-5-3-14-4-6-18(8-15(14)7-17)34-19-9-16-12-28(25(30)31)22(20(16)10-19)11-23-27-21(13-33-23)24(26)29/h3-8,13,16,19-20,22H,2,9-12H2,1H3,(H2,26,29)(H,30,31)/t16-,19-,20-,22?/m0/s1. The zero-order valence-corrected chi connectivity index (χ0v) is 18.8. The molecule has 9 heteroatoms. The van der Waals surface area contributed by atoms with Gasteiger partial charge in [0.15, 0.2) is 11.6 Å². The van der Waals surface area contributed by atoms with Gasteiger partial charge in [-0.2, -0.15) is 0 Å². The summed E-state index contributed by atoms with van der Waals surface area (Å²) in [5, 5.41) is 11.9. The Morgan fingerprint density at radius 1 is 1.18 bits per heavy atom. The Kier molecular flexibility index (Phi) is 5.77. The van der Waals surface area contributed by atoms with Gasteiger partial charge in [0.2, 0.25) is 0 Å². The largest absolute Gasteiger partial charge is 0.494 e. The second kappa shape index (κ2) is 8.89. The van der Waals surface area contributed by atoms with Crippen molar-refractivity contribution in [3.05, 3.63) is 54.2 Å². The van der Waals surface area contributed by atoms with E-state index in [1.165, 1.54) is 11.2 Å². The van der Waals surface area contributed by atoms with Crippen molar-refractivity contribution < 1.29 is 28.6 Å². The molecule has 2 aromatic carbocycles. The van der Waals surface area contributed by atoms with Gasteiger partial charge < -0.3 is 29.6 Å². The SMILES string of the molecule is CCOc1ccc2ccc(O[C@H]3C[C@H]4CN(C(=O)O)C(Cc5nc(C(N)=O)co5)[C@H]4C3)cc2c1. The van der Waals surface area contributed by atoms with E-state index in [1.807, 2.05) is 43.3 Å². The Bertz CT molecular complexity index is 1220. The molecule has 1 saturated carbocycles. The highest BCUT2D eigenvalue weighted by Gasteiger charge is 2.50. The predicted molar refractivity (Wildman–Crippen MR) is 123 cm³/mol. The number of primary amides is 1. The van der Waals surface area contributed by atoms with E-state index in [4.69, 9.17) is 19.6 Å². The first-order valence-electron chi connectivity index (χ1n) is 11.5. The summed E-state index contributed by atoms with van der Waals surface area (Å²) in [4.78, 5) is 28.8. The summed E-state index contributed by atoms with van der Waals surface area (Å²) in [7, 11) is 0. The molecule has 3 aromatic rings. The van der Waals surface area contributed by atoms with Crippen molar-refractivity contribution in [2.75, 3.05) is 13.2 Å². The number of hydrogen-bond acceptors (Lipinski definition) is 6. The number of rotatable bonds is 7. The molecule has 0 bridgehead atoms. The maximum atomic E-state index is 11.9. The fourth-order valence-electron chi connectivity index (χ4n) is 5.40. The first-order chi connectivity index (χ1) is 16.4. The molecule has 2 amide bonds. The summed E-state index contributed by atoms with van der Waals surface area (Å²) in [5.74, 6) is 1.57. The van der Waals surface area contributed by atoms with E-state index in [2.05, 4.69) is 4.98 Å². The molecule has 2 heterocycles. The van der Waals surface area contributed by atoms with E-state index in [0.717, 1.165) is 35.1 Å². The minimum absolute atomic E-state index is 0.00768. The molecule has 1 saturated heterocycles. The number of fused-ring (bicyclic) bond motifs is 2. The van der Waals surface area contributed by atoms with Crippen LogP contribution in [0.15, 0.2) is 47.1 Å². The number of ether oxygens (including phenoxy) is 2. The lowest BCUT2D eigenvalue weighted by molar-refractivity contribution is 0.0995. The minimum atomic E-state index is -0.960. The third kappa shape index (κ3) is 4.25. The Morgan fingerprint density at radius 2 is 1.94 bits per heavy atom. The average molecular weight is 466 g/mol.